The number of imidazole rings is 1. The van der Waals surface area contributed by atoms with E-state index in [1.807, 2.05) is 28.9 Å². The molecule has 0 radical (unpaired) electrons. The standard InChI is InChI=1S/C16H20BrN3O/c17-13-6-7-15-19-14(11-20(15)10-13)9-18-16(21)8-12-4-2-1-3-5-12/h6-7,10-12H,1-5,8-9H2,(H,18,21). The average Bonchev–Trinajstić information content (AvgIpc) is 2.88. The van der Waals surface area contributed by atoms with Crippen LogP contribution in [0.5, 0.6) is 0 Å². The highest BCUT2D eigenvalue weighted by molar-refractivity contribution is 9.10. The molecule has 2 heterocycles. The third kappa shape index (κ3) is 3.84. The van der Waals surface area contributed by atoms with E-state index < -0.39 is 0 Å². The van der Waals surface area contributed by atoms with E-state index in [4.69, 9.17) is 0 Å². The summed E-state index contributed by atoms with van der Waals surface area (Å²) in [5.41, 5.74) is 1.79. The number of hydrogen-bond acceptors (Lipinski definition) is 2. The molecular formula is C16H20BrN3O. The smallest absolute Gasteiger partial charge is 0.220 e. The van der Waals surface area contributed by atoms with Gasteiger partial charge in [0.15, 0.2) is 0 Å². The summed E-state index contributed by atoms with van der Waals surface area (Å²) in [5, 5.41) is 3.00. The molecule has 4 nitrogen and oxygen atoms in total. The van der Waals surface area contributed by atoms with E-state index in [0.717, 1.165) is 15.8 Å². The van der Waals surface area contributed by atoms with Gasteiger partial charge >= 0.3 is 0 Å². The summed E-state index contributed by atoms with van der Waals surface area (Å²) in [4.78, 5) is 16.5. The average molecular weight is 350 g/mol. The van der Waals surface area contributed by atoms with Crippen molar-refractivity contribution in [1.29, 1.82) is 0 Å². The van der Waals surface area contributed by atoms with Crippen molar-refractivity contribution in [2.24, 2.45) is 5.92 Å². The van der Waals surface area contributed by atoms with E-state index >= 15 is 0 Å². The van der Waals surface area contributed by atoms with Gasteiger partial charge < -0.3 is 9.72 Å². The molecule has 0 spiro atoms. The first-order valence-electron chi connectivity index (χ1n) is 7.60. The van der Waals surface area contributed by atoms with Crippen LogP contribution in [0.25, 0.3) is 5.65 Å². The molecule has 0 unspecified atom stereocenters. The molecule has 1 N–H and O–H groups in total. The minimum Gasteiger partial charge on any atom is -0.350 e. The summed E-state index contributed by atoms with van der Waals surface area (Å²) in [6, 6.07) is 3.92. The van der Waals surface area contributed by atoms with E-state index in [-0.39, 0.29) is 5.91 Å². The second-order valence-electron chi connectivity index (χ2n) is 5.83. The van der Waals surface area contributed by atoms with Crippen molar-refractivity contribution in [3.63, 3.8) is 0 Å². The van der Waals surface area contributed by atoms with Crippen molar-refractivity contribution >= 4 is 27.5 Å². The van der Waals surface area contributed by atoms with Crippen LogP contribution >= 0.6 is 15.9 Å². The van der Waals surface area contributed by atoms with Gasteiger partial charge in [-0.3, -0.25) is 4.79 Å². The summed E-state index contributed by atoms with van der Waals surface area (Å²) in [5.74, 6) is 0.732. The van der Waals surface area contributed by atoms with Gasteiger partial charge in [-0.15, -0.1) is 0 Å². The minimum atomic E-state index is 0.153. The van der Waals surface area contributed by atoms with E-state index in [0.29, 0.717) is 18.9 Å². The van der Waals surface area contributed by atoms with Crippen LogP contribution in [-0.4, -0.2) is 15.3 Å². The van der Waals surface area contributed by atoms with Crippen molar-refractivity contribution in [1.82, 2.24) is 14.7 Å². The Hall–Kier alpha value is -1.36. The number of nitrogens with zero attached hydrogens (tertiary/aromatic N) is 2. The number of amides is 1. The second kappa shape index (κ2) is 6.60. The molecule has 2 aromatic heterocycles. The topological polar surface area (TPSA) is 46.4 Å². The zero-order valence-corrected chi connectivity index (χ0v) is 13.6. The molecule has 0 aromatic carbocycles. The number of fused-ring (bicyclic) bond motifs is 1. The highest BCUT2D eigenvalue weighted by atomic mass is 79.9. The van der Waals surface area contributed by atoms with E-state index in [9.17, 15) is 4.79 Å². The summed E-state index contributed by atoms with van der Waals surface area (Å²) in [7, 11) is 0. The highest BCUT2D eigenvalue weighted by Gasteiger charge is 2.16. The maximum Gasteiger partial charge on any atom is 0.220 e. The molecule has 1 saturated carbocycles. The van der Waals surface area contributed by atoms with Crippen LogP contribution < -0.4 is 5.32 Å². The Kier molecular flexibility index (Phi) is 4.58. The van der Waals surface area contributed by atoms with E-state index in [1.54, 1.807) is 0 Å². The van der Waals surface area contributed by atoms with Crippen molar-refractivity contribution in [3.8, 4) is 0 Å². The van der Waals surface area contributed by atoms with Crippen molar-refractivity contribution in [2.75, 3.05) is 0 Å². The fraction of sp³-hybridized carbons (Fsp3) is 0.500. The number of hydrogen-bond donors (Lipinski definition) is 1. The molecule has 0 saturated heterocycles. The summed E-state index contributed by atoms with van der Waals surface area (Å²) in [6.07, 6.45) is 10.9. The van der Waals surface area contributed by atoms with Crippen LogP contribution in [0.3, 0.4) is 0 Å². The lowest BCUT2D eigenvalue weighted by Crippen LogP contribution is -2.26. The Balaban J connectivity index is 1.54. The first kappa shape index (κ1) is 14.6. The molecule has 1 aliphatic carbocycles. The highest BCUT2D eigenvalue weighted by Crippen LogP contribution is 2.26. The normalized spacial score (nSPS) is 16.2. The van der Waals surface area contributed by atoms with Gasteiger partial charge in [0.2, 0.25) is 5.91 Å². The van der Waals surface area contributed by atoms with Crippen LogP contribution in [0, 0.1) is 5.92 Å². The van der Waals surface area contributed by atoms with E-state index in [2.05, 4.69) is 26.2 Å². The quantitative estimate of drug-likeness (QED) is 0.914. The Bertz CT molecular complexity index is 631. The first-order chi connectivity index (χ1) is 10.2. The predicted octanol–water partition coefficient (Wildman–Crippen LogP) is 3.68. The Morgan fingerprint density at radius 1 is 1.29 bits per heavy atom. The zero-order valence-electron chi connectivity index (χ0n) is 12.0. The molecule has 1 amide bonds. The molecule has 0 atom stereocenters. The third-order valence-electron chi connectivity index (χ3n) is 4.13. The van der Waals surface area contributed by atoms with Gasteiger partial charge in [0.1, 0.15) is 5.65 Å². The van der Waals surface area contributed by atoms with Gasteiger partial charge in [0.25, 0.3) is 0 Å². The number of pyridine rings is 1. The van der Waals surface area contributed by atoms with Gasteiger partial charge in [-0.1, -0.05) is 19.3 Å². The fourth-order valence-electron chi connectivity index (χ4n) is 3.02. The summed E-state index contributed by atoms with van der Waals surface area (Å²) >= 11 is 3.44. The van der Waals surface area contributed by atoms with Crippen LogP contribution in [-0.2, 0) is 11.3 Å². The van der Waals surface area contributed by atoms with Gasteiger partial charge in [0, 0.05) is 23.3 Å². The molecule has 1 aliphatic rings. The number of halogens is 1. The first-order valence-corrected chi connectivity index (χ1v) is 8.40. The van der Waals surface area contributed by atoms with Gasteiger partial charge in [-0.25, -0.2) is 4.98 Å². The maximum absolute atomic E-state index is 12.0. The number of rotatable bonds is 4. The lowest BCUT2D eigenvalue weighted by atomic mass is 9.87. The Morgan fingerprint density at radius 3 is 2.90 bits per heavy atom. The molecule has 5 heteroatoms. The summed E-state index contributed by atoms with van der Waals surface area (Å²) < 4.78 is 2.98. The van der Waals surface area contributed by atoms with Crippen LogP contribution in [0.1, 0.15) is 44.2 Å². The second-order valence-corrected chi connectivity index (χ2v) is 6.75. The molecule has 112 valence electrons. The largest absolute Gasteiger partial charge is 0.350 e. The number of carbonyl (C=O) groups is 1. The predicted molar refractivity (Wildman–Crippen MR) is 85.9 cm³/mol. The lowest BCUT2D eigenvalue weighted by Gasteiger charge is -2.20. The number of carbonyl (C=O) groups excluding carboxylic acids is 1. The van der Waals surface area contributed by atoms with Crippen molar-refractivity contribution in [3.05, 3.63) is 34.7 Å². The fourth-order valence-corrected chi connectivity index (χ4v) is 3.37. The maximum atomic E-state index is 12.0. The summed E-state index contributed by atoms with van der Waals surface area (Å²) in [6.45, 7) is 0.505. The SMILES string of the molecule is O=C(CC1CCCCC1)NCc1cn2cc(Br)ccc2n1. The number of nitrogens with one attached hydrogen (secondary N) is 1. The molecule has 0 bridgehead atoms. The van der Waals surface area contributed by atoms with Crippen molar-refractivity contribution in [2.45, 2.75) is 45.1 Å². The van der Waals surface area contributed by atoms with Gasteiger partial charge in [0.05, 0.1) is 12.2 Å². The van der Waals surface area contributed by atoms with Crippen molar-refractivity contribution < 1.29 is 4.79 Å². The molecule has 0 aliphatic heterocycles. The van der Waals surface area contributed by atoms with E-state index in [1.165, 1.54) is 32.1 Å². The molecular weight excluding hydrogens is 330 g/mol. The monoisotopic (exact) mass is 349 g/mol. The van der Waals surface area contributed by atoms with Crippen LogP contribution in [0.15, 0.2) is 29.0 Å². The van der Waals surface area contributed by atoms with Crippen LogP contribution in [0.2, 0.25) is 0 Å². The molecule has 3 rings (SSSR count). The van der Waals surface area contributed by atoms with Crippen LogP contribution in [0.4, 0.5) is 0 Å². The van der Waals surface area contributed by atoms with Gasteiger partial charge in [-0.2, -0.15) is 0 Å². The van der Waals surface area contributed by atoms with Gasteiger partial charge in [-0.05, 0) is 46.8 Å². The Morgan fingerprint density at radius 2 is 2.10 bits per heavy atom. The Labute approximate surface area is 133 Å². The molecule has 2 aromatic rings. The number of aromatic nitrogens is 2. The third-order valence-corrected chi connectivity index (χ3v) is 4.60. The molecule has 21 heavy (non-hydrogen) atoms. The minimum absolute atomic E-state index is 0.153. The molecule has 1 fully saturated rings. The lowest BCUT2D eigenvalue weighted by molar-refractivity contribution is -0.122. The zero-order chi connectivity index (χ0) is 14.7.